The molecule has 2 aromatic carbocycles. The third-order valence-corrected chi connectivity index (χ3v) is 5.70. The van der Waals surface area contributed by atoms with Gasteiger partial charge in [0.2, 0.25) is 0 Å². The first kappa shape index (κ1) is 18.5. The second kappa shape index (κ2) is 6.79. The second-order valence-corrected chi connectivity index (χ2v) is 7.75. The number of hydrogen-bond acceptors (Lipinski definition) is 3. The molecule has 3 aromatic rings. The van der Waals surface area contributed by atoms with Crippen LogP contribution in [0, 0.1) is 5.82 Å². The van der Waals surface area contributed by atoms with Crippen LogP contribution in [0.5, 0.6) is 0 Å². The van der Waals surface area contributed by atoms with Crippen molar-refractivity contribution in [3.63, 3.8) is 0 Å². The Kier molecular flexibility index (Phi) is 4.83. The van der Waals surface area contributed by atoms with Crippen molar-refractivity contribution >= 4 is 55.7 Å². The number of aromatic amines is 1. The first-order valence-corrected chi connectivity index (χ1v) is 9.48. The molecule has 3 N–H and O–H groups in total. The van der Waals surface area contributed by atoms with E-state index >= 15 is 0 Å². The molecule has 0 saturated heterocycles. The average molecular weight is 416 g/mol. The number of H-pyrrole nitrogens is 1. The third-order valence-electron chi connectivity index (χ3n) is 3.71. The molecule has 0 bridgehead atoms. The molecule has 0 aliphatic rings. The molecule has 1 amide bonds. The van der Waals surface area contributed by atoms with Gasteiger partial charge in [-0.05, 0) is 24.3 Å². The lowest BCUT2D eigenvalue weighted by atomic mass is 10.2. The lowest BCUT2D eigenvalue weighted by Gasteiger charge is -2.12. The predicted molar refractivity (Wildman–Crippen MR) is 98.9 cm³/mol. The summed E-state index contributed by atoms with van der Waals surface area (Å²) < 4.78 is 42.2. The molecule has 0 atom stereocenters. The normalized spacial score (nSPS) is 11.5. The third kappa shape index (κ3) is 3.11. The zero-order valence-electron chi connectivity index (χ0n) is 13.2. The van der Waals surface area contributed by atoms with E-state index in [0.717, 1.165) is 6.07 Å². The summed E-state index contributed by atoms with van der Waals surface area (Å²) in [4.78, 5) is 13.9. The van der Waals surface area contributed by atoms with Gasteiger partial charge >= 0.3 is 0 Å². The zero-order chi connectivity index (χ0) is 19.1. The van der Waals surface area contributed by atoms with Crippen LogP contribution >= 0.6 is 23.2 Å². The number of halogens is 3. The number of aromatic nitrogens is 1. The summed E-state index contributed by atoms with van der Waals surface area (Å²) in [5, 5.41) is 3.35. The van der Waals surface area contributed by atoms with E-state index in [1.54, 1.807) is 0 Å². The molecule has 3 rings (SSSR count). The van der Waals surface area contributed by atoms with Gasteiger partial charge in [-0.3, -0.25) is 9.52 Å². The lowest BCUT2D eigenvalue weighted by Crippen LogP contribution is -2.22. The average Bonchev–Trinajstić information content (AvgIpc) is 2.99. The predicted octanol–water partition coefficient (Wildman–Crippen LogP) is 3.77. The first-order chi connectivity index (χ1) is 12.3. The Labute approximate surface area is 158 Å². The SMILES string of the molecule is CNC(=O)c1cccc(S(=O)(=O)Nc2ccc(Cl)c3c(Cl)c[nH]c23)c1F. The van der Waals surface area contributed by atoms with Crippen molar-refractivity contribution in [3.8, 4) is 0 Å². The maximum absolute atomic E-state index is 14.6. The molecule has 0 unspecified atom stereocenters. The molecule has 10 heteroatoms. The van der Waals surface area contributed by atoms with E-state index in [1.165, 1.54) is 37.5 Å². The second-order valence-electron chi connectivity index (χ2n) is 5.28. The van der Waals surface area contributed by atoms with Gasteiger partial charge in [0.15, 0.2) is 5.82 Å². The van der Waals surface area contributed by atoms with Crippen molar-refractivity contribution < 1.29 is 17.6 Å². The molecular formula is C16H12Cl2FN3O3S. The van der Waals surface area contributed by atoms with E-state index in [0.29, 0.717) is 20.9 Å². The van der Waals surface area contributed by atoms with Gasteiger partial charge in [-0.1, -0.05) is 29.3 Å². The van der Waals surface area contributed by atoms with E-state index in [4.69, 9.17) is 23.2 Å². The Morgan fingerprint density at radius 1 is 1.15 bits per heavy atom. The van der Waals surface area contributed by atoms with Gasteiger partial charge in [-0.25, -0.2) is 12.8 Å². The van der Waals surface area contributed by atoms with E-state index in [9.17, 15) is 17.6 Å². The van der Waals surface area contributed by atoms with Crippen LogP contribution in [0.4, 0.5) is 10.1 Å². The van der Waals surface area contributed by atoms with Crippen LogP contribution in [0.2, 0.25) is 10.0 Å². The number of amides is 1. The highest BCUT2D eigenvalue weighted by molar-refractivity contribution is 7.92. The van der Waals surface area contributed by atoms with Crippen LogP contribution in [-0.4, -0.2) is 26.4 Å². The smallest absolute Gasteiger partial charge is 0.264 e. The molecule has 0 radical (unpaired) electrons. The van der Waals surface area contributed by atoms with Crippen molar-refractivity contribution in [2.45, 2.75) is 4.90 Å². The number of benzene rings is 2. The number of fused-ring (bicyclic) bond motifs is 1. The van der Waals surface area contributed by atoms with Crippen LogP contribution in [0.1, 0.15) is 10.4 Å². The fraction of sp³-hybridized carbons (Fsp3) is 0.0625. The molecule has 0 saturated carbocycles. The highest BCUT2D eigenvalue weighted by Crippen LogP contribution is 2.35. The number of sulfonamides is 1. The Balaban J connectivity index is 2.09. The molecule has 136 valence electrons. The van der Waals surface area contributed by atoms with Gasteiger partial charge in [0.1, 0.15) is 4.90 Å². The molecule has 26 heavy (non-hydrogen) atoms. The molecule has 1 heterocycles. The maximum atomic E-state index is 14.6. The topological polar surface area (TPSA) is 91.1 Å². The quantitative estimate of drug-likeness (QED) is 0.605. The summed E-state index contributed by atoms with van der Waals surface area (Å²) >= 11 is 12.1. The summed E-state index contributed by atoms with van der Waals surface area (Å²) in [6, 6.07) is 6.44. The van der Waals surface area contributed by atoms with Crippen LogP contribution in [0.3, 0.4) is 0 Å². The summed E-state index contributed by atoms with van der Waals surface area (Å²) in [6.07, 6.45) is 1.46. The van der Waals surface area contributed by atoms with Gasteiger partial charge in [0.05, 0.1) is 26.8 Å². The van der Waals surface area contributed by atoms with Crippen molar-refractivity contribution in [2.24, 2.45) is 0 Å². The lowest BCUT2D eigenvalue weighted by molar-refractivity contribution is 0.0958. The largest absolute Gasteiger partial charge is 0.358 e. The maximum Gasteiger partial charge on any atom is 0.264 e. The van der Waals surface area contributed by atoms with E-state index < -0.39 is 26.6 Å². The molecule has 6 nitrogen and oxygen atoms in total. The van der Waals surface area contributed by atoms with Gasteiger partial charge in [-0.15, -0.1) is 0 Å². The minimum atomic E-state index is -4.31. The molecule has 1 aromatic heterocycles. The number of rotatable bonds is 4. The fourth-order valence-corrected chi connectivity index (χ4v) is 4.21. The van der Waals surface area contributed by atoms with Gasteiger partial charge in [-0.2, -0.15) is 0 Å². The minimum Gasteiger partial charge on any atom is -0.358 e. The monoisotopic (exact) mass is 415 g/mol. The summed E-state index contributed by atoms with van der Waals surface area (Å²) in [5.74, 6) is -1.88. The van der Waals surface area contributed by atoms with Crippen LogP contribution in [-0.2, 0) is 10.0 Å². The summed E-state index contributed by atoms with van der Waals surface area (Å²) in [5.41, 5.74) is 0.120. The Morgan fingerprint density at radius 3 is 2.58 bits per heavy atom. The van der Waals surface area contributed by atoms with E-state index in [1.807, 2.05) is 0 Å². The number of hydrogen-bond donors (Lipinski definition) is 3. The molecular weight excluding hydrogens is 404 g/mol. The minimum absolute atomic E-state index is 0.140. The van der Waals surface area contributed by atoms with Gasteiger partial charge < -0.3 is 10.3 Å². The molecule has 0 spiro atoms. The van der Waals surface area contributed by atoms with Crippen LogP contribution < -0.4 is 10.0 Å². The van der Waals surface area contributed by atoms with Gasteiger partial charge in [0.25, 0.3) is 15.9 Å². The summed E-state index contributed by atoms with van der Waals surface area (Å²) in [6.45, 7) is 0. The Bertz CT molecular complexity index is 1130. The molecule has 0 aliphatic carbocycles. The zero-order valence-corrected chi connectivity index (χ0v) is 15.6. The van der Waals surface area contributed by atoms with Crippen molar-refractivity contribution in [1.82, 2.24) is 10.3 Å². The highest BCUT2D eigenvalue weighted by atomic mass is 35.5. The number of anilines is 1. The number of nitrogens with one attached hydrogen (secondary N) is 3. The first-order valence-electron chi connectivity index (χ1n) is 7.24. The number of carbonyl (C=O) groups excluding carboxylic acids is 1. The van der Waals surface area contributed by atoms with Crippen molar-refractivity contribution in [3.05, 3.63) is 58.0 Å². The van der Waals surface area contributed by atoms with E-state index in [2.05, 4.69) is 15.0 Å². The number of carbonyl (C=O) groups is 1. The Hall–Kier alpha value is -2.29. The Morgan fingerprint density at radius 2 is 1.88 bits per heavy atom. The summed E-state index contributed by atoms with van der Waals surface area (Å²) in [7, 11) is -2.99. The van der Waals surface area contributed by atoms with Crippen LogP contribution in [0.25, 0.3) is 10.9 Å². The standard InChI is InChI=1S/C16H12Cl2FN3O3S/c1-20-16(23)8-3-2-4-12(14(8)19)26(24,25)22-11-6-5-9(17)13-10(18)7-21-15(11)13/h2-7,21-22H,1H3,(H,20,23). The highest BCUT2D eigenvalue weighted by Gasteiger charge is 2.24. The fourth-order valence-electron chi connectivity index (χ4n) is 2.48. The van der Waals surface area contributed by atoms with Crippen molar-refractivity contribution in [2.75, 3.05) is 11.8 Å². The van der Waals surface area contributed by atoms with Gasteiger partial charge in [0, 0.05) is 18.6 Å². The van der Waals surface area contributed by atoms with Crippen LogP contribution in [0.15, 0.2) is 41.4 Å². The molecule has 0 aliphatic heterocycles. The van der Waals surface area contributed by atoms with Crippen molar-refractivity contribution in [1.29, 1.82) is 0 Å². The molecule has 0 fully saturated rings. The van der Waals surface area contributed by atoms with E-state index in [-0.39, 0.29) is 11.3 Å².